The van der Waals surface area contributed by atoms with Crippen LogP contribution in [0.2, 0.25) is 0 Å². The van der Waals surface area contributed by atoms with Crippen LogP contribution in [0, 0.1) is 0 Å². The van der Waals surface area contributed by atoms with Crippen LogP contribution >= 0.6 is 0 Å². The number of benzene rings is 1. The molecule has 1 aromatic carbocycles. The molecule has 0 spiro atoms. The van der Waals surface area contributed by atoms with E-state index in [0.717, 1.165) is 16.5 Å². The van der Waals surface area contributed by atoms with Crippen LogP contribution in [0.3, 0.4) is 0 Å². The molecule has 0 aliphatic carbocycles. The molecule has 0 saturated carbocycles. The van der Waals surface area contributed by atoms with Gasteiger partial charge in [-0.3, -0.25) is 14.5 Å². The average Bonchev–Trinajstić information content (AvgIpc) is 3.04. The number of nitrogens with one attached hydrogen (secondary N) is 1. The van der Waals surface area contributed by atoms with Gasteiger partial charge in [0, 0.05) is 43.3 Å². The van der Waals surface area contributed by atoms with Crippen molar-refractivity contribution >= 4 is 22.8 Å². The van der Waals surface area contributed by atoms with Gasteiger partial charge in [0.15, 0.2) is 0 Å². The van der Waals surface area contributed by atoms with Crippen molar-refractivity contribution in [2.75, 3.05) is 39.8 Å². The molecule has 1 amide bonds. The molecule has 0 unspecified atom stereocenters. The van der Waals surface area contributed by atoms with Gasteiger partial charge in [-0.25, -0.2) is 0 Å². The minimum atomic E-state index is -0.564. The Hall–Kier alpha value is -2.38. The number of piperazine rings is 1. The lowest BCUT2D eigenvalue weighted by atomic mass is 10.0. The van der Waals surface area contributed by atoms with Crippen LogP contribution in [-0.2, 0) is 20.7 Å². The van der Waals surface area contributed by atoms with Crippen molar-refractivity contribution in [1.29, 1.82) is 0 Å². The monoisotopic (exact) mass is 344 g/mol. The van der Waals surface area contributed by atoms with Crippen molar-refractivity contribution in [3.05, 3.63) is 36.0 Å². The Kier molecular flexibility index (Phi) is 5.35. The maximum absolute atomic E-state index is 12.6. The van der Waals surface area contributed by atoms with Gasteiger partial charge in [-0.15, -0.1) is 0 Å². The SMILES string of the molecule is COC(=O)CN1CCN(C(=O)[C@@H](N)Cc2c[nH]c3ccccc23)CC1. The lowest BCUT2D eigenvalue weighted by molar-refractivity contribution is -0.142. The molecule has 1 saturated heterocycles. The van der Waals surface area contributed by atoms with Gasteiger partial charge < -0.3 is 20.4 Å². The largest absolute Gasteiger partial charge is 0.468 e. The van der Waals surface area contributed by atoms with E-state index >= 15 is 0 Å². The Morgan fingerprint density at radius 2 is 1.96 bits per heavy atom. The zero-order valence-corrected chi connectivity index (χ0v) is 14.4. The normalized spacial score (nSPS) is 16.8. The molecule has 2 aromatic rings. The Balaban J connectivity index is 1.55. The molecule has 7 heteroatoms. The molecule has 0 radical (unpaired) electrons. The number of H-pyrrole nitrogens is 1. The summed E-state index contributed by atoms with van der Waals surface area (Å²) in [6.07, 6.45) is 2.43. The number of esters is 1. The molecule has 134 valence electrons. The average molecular weight is 344 g/mol. The van der Waals surface area contributed by atoms with Gasteiger partial charge in [-0.2, -0.15) is 0 Å². The number of ether oxygens (including phenoxy) is 1. The van der Waals surface area contributed by atoms with Crippen LogP contribution in [0.25, 0.3) is 10.9 Å². The number of carbonyl (C=O) groups is 2. The number of nitrogens with zero attached hydrogens (tertiary/aromatic N) is 2. The highest BCUT2D eigenvalue weighted by molar-refractivity contribution is 5.86. The zero-order valence-electron chi connectivity index (χ0n) is 14.4. The highest BCUT2D eigenvalue weighted by atomic mass is 16.5. The number of rotatable bonds is 5. The van der Waals surface area contributed by atoms with Crippen molar-refractivity contribution in [2.24, 2.45) is 5.73 Å². The van der Waals surface area contributed by atoms with Crippen LogP contribution in [-0.4, -0.2) is 72.5 Å². The molecule has 1 aromatic heterocycles. The third-order valence-electron chi connectivity index (χ3n) is 4.70. The van der Waals surface area contributed by atoms with Gasteiger partial charge in [-0.1, -0.05) is 18.2 Å². The van der Waals surface area contributed by atoms with Crippen LogP contribution in [0.5, 0.6) is 0 Å². The van der Waals surface area contributed by atoms with E-state index in [1.54, 1.807) is 4.90 Å². The van der Waals surface area contributed by atoms with Crippen LogP contribution in [0.4, 0.5) is 0 Å². The van der Waals surface area contributed by atoms with Crippen molar-refractivity contribution in [2.45, 2.75) is 12.5 Å². The van der Waals surface area contributed by atoms with Crippen LogP contribution in [0.1, 0.15) is 5.56 Å². The van der Waals surface area contributed by atoms with Gasteiger partial charge in [0.2, 0.25) is 5.91 Å². The molecule has 7 nitrogen and oxygen atoms in total. The Morgan fingerprint density at radius 3 is 2.68 bits per heavy atom. The van der Waals surface area contributed by atoms with Gasteiger partial charge in [0.05, 0.1) is 19.7 Å². The quantitative estimate of drug-likeness (QED) is 0.764. The van der Waals surface area contributed by atoms with Gasteiger partial charge in [0.1, 0.15) is 0 Å². The summed E-state index contributed by atoms with van der Waals surface area (Å²) >= 11 is 0. The highest BCUT2D eigenvalue weighted by Crippen LogP contribution is 2.19. The minimum absolute atomic E-state index is 0.0389. The molecular formula is C18H24N4O3. The smallest absolute Gasteiger partial charge is 0.319 e. The van der Waals surface area contributed by atoms with Crippen molar-refractivity contribution in [3.8, 4) is 0 Å². The second-order valence-electron chi connectivity index (χ2n) is 6.35. The summed E-state index contributed by atoms with van der Waals surface area (Å²) < 4.78 is 4.68. The summed E-state index contributed by atoms with van der Waals surface area (Å²) in [6.45, 7) is 2.73. The highest BCUT2D eigenvalue weighted by Gasteiger charge is 2.26. The summed E-state index contributed by atoms with van der Waals surface area (Å²) in [6, 6.07) is 7.43. The van der Waals surface area contributed by atoms with E-state index in [0.29, 0.717) is 32.6 Å². The number of amides is 1. The van der Waals surface area contributed by atoms with E-state index < -0.39 is 6.04 Å². The number of carbonyl (C=O) groups excluding carboxylic acids is 2. The molecule has 0 bridgehead atoms. The van der Waals surface area contributed by atoms with Crippen LogP contribution in [0.15, 0.2) is 30.5 Å². The number of methoxy groups -OCH3 is 1. The van der Waals surface area contributed by atoms with Gasteiger partial charge in [-0.05, 0) is 18.1 Å². The molecule has 25 heavy (non-hydrogen) atoms. The summed E-state index contributed by atoms with van der Waals surface area (Å²) in [5.41, 5.74) is 8.28. The number of para-hydroxylation sites is 1. The fourth-order valence-electron chi connectivity index (χ4n) is 3.23. The maximum atomic E-state index is 12.6. The molecular weight excluding hydrogens is 320 g/mol. The summed E-state index contributed by atoms with van der Waals surface area (Å²) in [4.78, 5) is 30.9. The predicted octanol–water partition coefficient (Wildman–Crippen LogP) is 0.355. The van der Waals surface area contributed by atoms with E-state index in [2.05, 4.69) is 9.72 Å². The summed E-state index contributed by atoms with van der Waals surface area (Å²) in [7, 11) is 1.38. The maximum Gasteiger partial charge on any atom is 0.319 e. The molecule has 3 N–H and O–H groups in total. The van der Waals surface area contributed by atoms with E-state index in [-0.39, 0.29) is 18.4 Å². The second-order valence-corrected chi connectivity index (χ2v) is 6.35. The fraction of sp³-hybridized carbons (Fsp3) is 0.444. The van der Waals surface area contributed by atoms with Crippen molar-refractivity contribution < 1.29 is 14.3 Å². The standard InChI is InChI=1S/C18H24N4O3/c1-25-17(23)12-21-6-8-22(9-7-21)18(24)15(19)10-13-11-20-16-5-3-2-4-14(13)16/h2-5,11,15,20H,6-10,12,19H2,1H3/t15-/m0/s1. The summed E-state index contributed by atoms with van der Waals surface area (Å²) in [5, 5.41) is 1.11. The minimum Gasteiger partial charge on any atom is -0.468 e. The first kappa shape index (κ1) is 17.4. The van der Waals surface area contributed by atoms with E-state index in [1.165, 1.54) is 7.11 Å². The molecule has 1 aliphatic rings. The number of aromatic nitrogens is 1. The third-order valence-corrected chi connectivity index (χ3v) is 4.70. The summed E-state index contributed by atoms with van der Waals surface area (Å²) in [5.74, 6) is -0.293. The first-order valence-corrected chi connectivity index (χ1v) is 8.47. The number of aromatic amines is 1. The van der Waals surface area contributed by atoms with Crippen molar-refractivity contribution in [1.82, 2.24) is 14.8 Å². The molecule has 1 aliphatic heterocycles. The van der Waals surface area contributed by atoms with Crippen molar-refractivity contribution in [3.63, 3.8) is 0 Å². The number of hydrogen-bond donors (Lipinski definition) is 2. The lowest BCUT2D eigenvalue weighted by Gasteiger charge is -2.35. The predicted molar refractivity (Wildman–Crippen MR) is 95.0 cm³/mol. The molecule has 2 heterocycles. The Morgan fingerprint density at radius 1 is 1.24 bits per heavy atom. The fourth-order valence-corrected chi connectivity index (χ4v) is 3.23. The lowest BCUT2D eigenvalue weighted by Crippen LogP contribution is -2.54. The van der Waals surface area contributed by atoms with E-state index in [1.807, 2.05) is 35.4 Å². The number of hydrogen-bond acceptors (Lipinski definition) is 5. The van der Waals surface area contributed by atoms with Crippen LogP contribution < -0.4 is 5.73 Å². The number of fused-ring (bicyclic) bond motifs is 1. The molecule has 1 atom stereocenters. The second kappa shape index (κ2) is 7.67. The Labute approximate surface area is 146 Å². The van der Waals surface area contributed by atoms with E-state index in [9.17, 15) is 9.59 Å². The van der Waals surface area contributed by atoms with E-state index in [4.69, 9.17) is 5.73 Å². The zero-order chi connectivity index (χ0) is 17.8. The molecule has 3 rings (SSSR count). The number of nitrogens with two attached hydrogens (primary N) is 1. The topological polar surface area (TPSA) is 91.7 Å². The first-order valence-electron chi connectivity index (χ1n) is 8.47. The Bertz CT molecular complexity index is 750. The first-order chi connectivity index (χ1) is 12.1. The third kappa shape index (κ3) is 4.00. The molecule has 1 fully saturated rings. The van der Waals surface area contributed by atoms with Gasteiger partial charge in [0.25, 0.3) is 0 Å². The van der Waals surface area contributed by atoms with Gasteiger partial charge >= 0.3 is 5.97 Å².